The third-order valence-corrected chi connectivity index (χ3v) is 3.93. The first-order valence-electron chi connectivity index (χ1n) is 7.19. The van der Waals surface area contributed by atoms with Gasteiger partial charge in [-0.05, 0) is 38.0 Å². The molecule has 0 spiro atoms. The van der Waals surface area contributed by atoms with E-state index in [4.69, 9.17) is 5.73 Å². The lowest BCUT2D eigenvalue weighted by molar-refractivity contribution is 0.0698. The Morgan fingerprint density at radius 1 is 1.43 bits per heavy atom. The van der Waals surface area contributed by atoms with Crippen molar-refractivity contribution in [3.05, 3.63) is 34.5 Å². The summed E-state index contributed by atoms with van der Waals surface area (Å²) < 4.78 is 1.90. The fourth-order valence-electron chi connectivity index (χ4n) is 3.00. The van der Waals surface area contributed by atoms with Crippen molar-refractivity contribution >= 4 is 16.9 Å². The number of fused-ring (bicyclic) bond motifs is 1. The molecule has 0 radical (unpaired) electrons. The molecule has 21 heavy (non-hydrogen) atoms. The van der Waals surface area contributed by atoms with Gasteiger partial charge in [0.2, 0.25) is 0 Å². The summed E-state index contributed by atoms with van der Waals surface area (Å²) in [6.07, 6.45) is 0.0941. The van der Waals surface area contributed by atoms with Crippen molar-refractivity contribution in [1.29, 1.82) is 0 Å². The molecule has 0 amide bonds. The Labute approximate surface area is 124 Å². The molecule has 2 rings (SSSR count). The molecule has 0 aliphatic carbocycles. The van der Waals surface area contributed by atoms with Gasteiger partial charge < -0.3 is 20.5 Å². The van der Waals surface area contributed by atoms with Crippen LogP contribution in [0.25, 0.3) is 10.9 Å². The minimum atomic E-state index is -0.955. The highest BCUT2D eigenvalue weighted by Crippen LogP contribution is 2.34. The minimum Gasteiger partial charge on any atom is -0.478 e. The zero-order valence-corrected chi connectivity index (χ0v) is 12.7. The van der Waals surface area contributed by atoms with Gasteiger partial charge in [0.15, 0.2) is 0 Å². The van der Waals surface area contributed by atoms with E-state index in [0.29, 0.717) is 18.6 Å². The lowest BCUT2D eigenvalue weighted by atomic mass is 10.00. The van der Waals surface area contributed by atoms with Gasteiger partial charge in [0.1, 0.15) is 0 Å². The summed E-state index contributed by atoms with van der Waals surface area (Å²) >= 11 is 0. The summed E-state index contributed by atoms with van der Waals surface area (Å²) in [6, 6.07) is 3.69. The number of nitrogens with two attached hydrogens (primary N) is 1. The Balaban J connectivity index is 2.95. The van der Waals surface area contributed by atoms with E-state index in [2.05, 4.69) is 0 Å². The molecular formula is C16H22N2O3. The number of aliphatic hydroxyl groups excluding tert-OH is 1. The summed E-state index contributed by atoms with van der Waals surface area (Å²) in [5, 5.41) is 20.4. The van der Waals surface area contributed by atoms with Crippen LogP contribution in [-0.2, 0) is 13.0 Å². The summed E-state index contributed by atoms with van der Waals surface area (Å²) in [7, 11) is 0. The monoisotopic (exact) mass is 290 g/mol. The minimum absolute atomic E-state index is 0.271. The predicted octanol–water partition coefficient (Wildman–Crippen LogP) is 2.22. The molecule has 0 aliphatic heterocycles. The topological polar surface area (TPSA) is 88.5 Å². The Morgan fingerprint density at radius 2 is 2.10 bits per heavy atom. The van der Waals surface area contributed by atoms with Crippen LogP contribution in [0, 0.1) is 6.92 Å². The van der Waals surface area contributed by atoms with Crippen molar-refractivity contribution in [3.8, 4) is 0 Å². The number of carboxylic acids is 1. The van der Waals surface area contributed by atoms with Crippen molar-refractivity contribution in [2.24, 2.45) is 5.73 Å². The molecule has 1 heterocycles. The van der Waals surface area contributed by atoms with Crippen molar-refractivity contribution < 1.29 is 15.0 Å². The van der Waals surface area contributed by atoms with E-state index in [-0.39, 0.29) is 5.56 Å². The number of aromatic carboxylic acids is 1. The number of hydrogen-bond donors (Lipinski definition) is 3. The molecule has 0 saturated heterocycles. The highest BCUT2D eigenvalue weighted by atomic mass is 16.4. The Bertz CT molecular complexity index is 687. The van der Waals surface area contributed by atoms with Gasteiger partial charge in [-0.3, -0.25) is 0 Å². The van der Waals surface area contributed by atoms with Gasteiger partial charge in [0.25, 0.3) is 0 Å². The van der Waals surface area contributed by atoms with Gasteiger partial charge >= 0.3 is 5.97 Å². The van der Waals surface area contributed by atoms with Gasteiger partial charge in [-0.2, -0.15) is 0 Å². The van der Waals surface area contributed by atoms with Gasteiger partial charge in [-0.15, -0.1) is 0 Å². The second kappa shape index (κ2) is 5.87. The van der Waals surface area contributed by atoms with E-state index in [1.54, 1.807) is 13.0 Å². The van der Waals surface area contributed by atoms with Crippen LogP contribution in [0.2, 0.25) is 0 Å². The molecule has 2 aromatic rings. The molecule has 0 bridgehead atoms. The third kappa shape index (κ3) is 2.54. The van der Waals surface area contributed by atoms with Crippen LogP contribution in [0.5, 0.6) is 0 Å². The van der Waals surface area contributed by atoms with E-state index in [1.807, 2.05) is 24.5 Å². The molecular weight excluding hydrogens is 268 g/mol. The fraction of sp³-hybridized carbons (Fsp3) is 0.438. The number of aryl methyl sites for hydroxylation is 1. The SMILES string of the molecule is CCc1cc(C(=O)O)c2c(c1)c(C(C)O)c(C)n2CCN. The van der Waals surface area contributed by atoms with Crippen LogP contribution >= 0.6 is 0 Å². The number of aliphatic hydroxyl groups is 1. The third-order valence-electron chi connectivity index (χ3n) is 3.93. The summed E-state index contributed by atoms with van der Waals surface area (Å²) in [6.45, 7) is 6.53. The predicted molar refractivity (Wildman–Crippen MR) is 82.7 cm³/mol. The zero-order chi connectivity index (χ0) is 15.7. The quantitative estimate of drug-likeness (QED) is 0.787. The van der Waals surface area contributed by atoms with Crippen LogP contribution in [0.3, 0.4) is 0 Å². The fourth-order valence-corrected chi connectivity index (χ4v) is 3.00. The van der Waals surface area contributed by atoms with Crippen molar-refractivity contribution in [1.82, 2.24) is 4.57 Å². The molecule has 114 valence electrons. The van der Waals surface area contributed by atoms with Crippen molar-refractivity contribution in [2.75, 3.05) is 6.54 Å². The molecule has 1 unspecified atom stereocenters. The maximum absolute atomic E-state index is 11.6. The number of nitrogens with zero attached hydrogens (tertiary/aromatic N) is 1. The molecule has 1 aromatic heterocycles. The smallest absolute Gasteiger partial charge is 0.337 e. The van der Waals surface area contributed by atoms with Gasteiger partial charge in [-0.1, -0.05) is 6.92 Å². The van der Waals surface area contributed by atoms with Crippen LogP contribution in [0.15, 0.2) is 12.1 Å². The van der Waals surface area contributed by atoms with Crippen LogP contribution in [0.4, 0.5) is 0 Å². The molecule has 5 heteroatoms. The number of carbonyl (C=O) groups is 1. The average Bonchev–Trinajstić information content (AvgIpc) is 2.70. The van der Waals surface area contributed by atoms with Crippen LogP contribution in [-0.4, -0.2) is 27.3 Å². The zero-order valence-electron chi connectivity index (χ0n) is 12.7. The van der Waals surface area contributed by atoms with Gasteiger partial charge in [0, 0.05) is 29.7 Å². The number of rotatable bonds is 5. The van der Waals surface area contributed by atoms with E-state index < -0.39 is 12.1 Å². The maximum Gasteiger partial charge on any atom is 0.337 e. The molecule has 0 fully saturated rings. The molecule has 1 atom stereocenters. The van der Waals surface area contributed by atoms with Gasteiger partial charge in [0.05, 0.1) is 17.2 Å². The van der Waals surface area contributed by atoms with E-state index in [0.717, 1.165) is 28.6 Å². The summed E-state index contributed by atoms with van der Waals surface area (Å²) in [5.74, 6) is -0.955. The first-order chi connectivity index (χ1) is 9.92. The number of benzene rings is 1. The normalized spacial score (nSPS) is 12.8. The standard InChI is InChI=1S/C16H22N2O3/c1-4-11-7-12-14(10(3)19)9(2)18(6-5-17)15(12)13(8-11)16(20)21/h7-8,10,19H,4-6,17H2,1-3H3,(H,20,21). The molecule has 0 aliphatic rings. The number of carboxylic acid groups (broad SMARTS) is 1. The molecule has 4 N–H and O–H groups in total. The Morgan fingerprint density at radius 3 is 2.57 bits per heavy atom. The van der Waals surface area contributed by atoms with E-state index >= 15 is 0 Å². The van der Waals surface area contributed by atoms with Crippen molar-refractivity contribution in [3.63, 3.8) is 0 Å². The first-order valence-corrected chi connectivity index (χ1v) is 7.19. The summed E-state index contributed by atoms with van der Waals surface area (Å²) in [5.41, 5.74) is 9.19. The van der Waals surface area contributed by atoms with Gasteiger partial charge in [-0.25, -0.2) is 4.79 Å². The second-order valence-corrected chi connectivity index (χ2v) is 5.31. The lowest BCUT2D eigenvalue weighted by Crippen LogP contribution is -2.13. The Hall–Kier alpha value is -1.85. The van der Waals surface area contributed by atoms with Crippen molar-refractivity contribution in [2.45, 2.75) is 39.8 Å². The van der Waals surface area contributed by atoms with E-state index in [1.165, 1.54) is 0 Å². The molecule has 0 saturated carbocycles. The van der Waals surface area contributed by atoms with E-state index in [9.17, 15) is 15.0 Å². The first kappa shape index (κ1) is 15.5. The molecule has 5 nitrogen and oxygen atoms in total. The number of hydrogen-bond acceptors (Lipinski definition) is 3. The average molecular weight is 290 g/mol. The molecule has 1 aromatic carbocycles. The number of aromatic nitrogens is 1. The maximum atomic E-state index is 11.6. The highest BCUT2D eigenvalue weighted by Gasteiger charge is 2.22. The lowest BCUT2D eigenvalue weighted by Gasteiger charge is -2.09. The Kier molecular flexibility index (Phi) is 4.34. The second-order valence-electron chi connectivity index (χ2n) is 5.31. The van der Waals surface area contributed by atoms with Crippen LogP contribution < -0.4 is 5.73 Å². The summed E-state index contributed by atoms with van der Waals surface area (Å²) in [4.78, 5) is 11.6. The highest BCUT2D eigenvalue weighted by molar-refractivity contribution is 6.04. The largest absolute Gasteiger partial charge is 0.478 e. The van der Waals surface area contributed by atoms with Crippen LogP contribution in [0.1, 0.15) is 47.1 Å².